The van der Waals surface area contributed by atoms with Crippen molar-refractivity contribution in [2.75, 3.05) is 0 Å². The average Bonchev–Trinajstić information content (AvgIpc) is 3.13. The monoisotopic (exact) mass is 455 g/mol. The van der Waals surface area contributed by atoms with Crippen LogP contribution < -0.4 is 11.6 Å². The molecule has 3 rings (SSSR count). The third kappa shape index (κ3) is 5.68. The first-order valence-corrected chi connectivity index (χ1v) is 11.0. The number of benzene rings is 2. The fourth-order valence-corrected chi connectivity index (χ4v) is 3.65. The van der Waals surface area contributed by atoms with E-state index in [-0.39, 0.29) is 16.7 Å². The molecule has 7 nitrogen and oxygen atoms in total. The van der Waals surface area contributed by atoms with Crippen molar-refractivity contribution in [3.05, 3.63) is 76.3 Å². The van der Waals surface area contributed by atoms with E-state index in [1.807, 2.05) is 62.4 Å². The van der Waals surface area contributed by atoms with Crippen LogP contribution in [0.5, 0.6) is 0 Å². The zero-order chi connectivity index (χ0) is 23.7. The first kappa shape index (κ1) is 24.9. The van der Waals surface area contributed by atoms with E-state index >= 15 is 0 Å². The molecular formula is C24H30ClN5O2. The standard InChI is InChI=1S/C22H24ClN5O2.C2H6/c1-2-3-8-18-26-20(23)19(22(29)30)28(18)13-14-9-11-15(12-10-14)16-6-4-5-7-17(16)21(24)27-25;1-2/h4-7,9-12H,2-3,8,13,25H2,1H3,(H2,24,27)(H,29,30);1-2H3. The van der Waals surface area contributed by atoms with Crippen molar-refractivity contribution in [3.8, 4) is 11.1 Å². The molecule has 0 saturated heterocycles. The van der Waals surface area contributed by atoms with Gasteiger partial charge in [0.25, 0.3) is 0 Å². The Labute approximate surface area is 193 Å². The van der Waals surface area contributed by atoms with Gasteiger partial charge < -0.3 is 21.2 Å². The second kappa shape index (κ2) is 11.9. The molecular weight excluding hydrogens is 426 g/mol. The highest BCUT2D eigenvalue weighted by Crippen LogP contribution is 2.25. The van der Waals surface area contributed by atoms with Gasteiger partial charge in [0.15, 0.2) is 16.7 Å². The predicted molar refractivity (Wildman–Crippen MR) is 130 cm³/mol. The number of hydrogen-bond acceptors (Lipinski definition) is 4. The second-order valence-corrected chi connectivity index (χ2v) is 7.28. The number of aromatic carboxylic acids is 1. The Morgan fingerprint density at radius 1 is 1.16 bits per heavy atom. The lowest BCUT2D eigenvalue weighted by Crippen LogP contribution is -2.16. The highest BCUT2D eigenvalue weighted by molar-refractivity contribution is 6.32. The van der Waals surface area contributed by atoms with Crippen molar-refractivity contribution in [1.82, 2.24) is 9.55 Å². The third-order valence-electron chi connectivity index (χ3n) is 4.91. The number of nitrogens with zero attached hydrogens (tertiary/aromatic N) is 3. The Balaban J connectivity index is 0.00000176. The Hall–Kier alpha value is -3.32. The summed E-state index contributed by atoms with van der Waals surface area (Å²) in [6.07, 6.45) is 2.56. The lowest BCUT2D eigenvalue weighted by atomic mass is 9.98. The van der Waals surface area contributed by atoms with Gasteiger partial charge in [0.05, 0.1) is 0 Å². The summed E-state index contributed by atoms with van der Waals surface area (Å²) >= 11 is 6.11. The van der Waals surface area contributed by atoms with Gasteiger partial charge in [0, 0.05) is 18.5 Å². The molecule has 0 fully saturated rings. The molecule has 0 amide bonds. The average molecular weight is 456 g/mol. The van der Waals surface area contributed by atoms with E-state index in [4.69, 9.17) is 23.2 Å². The maximum Gasteiger partial charge on any atom is 0.355 e. The normalized spacial score (nSPS) is 11.1. The summed E-state index contributed by atoms with van der Waals surface area (Å²) in [6.45, 7) is 6.44. The summed E-state index contributed by atoms with van der Waals surface area (Å²) in [5.74, 6) is 5.20. The molecule has 0 atom stereocenters. The maximum atomic E-state index is 11.7. The van der Waals surface area contributed by atoms with E-state index < -0.39 is 5.97 Å². The lowest BCUT2D eigenvalue weighted by molar-refractivity contribution is 0.0685. The van der Waals surface area contributed by atoms with Gasteiger partial charge in [-0.3, -0.25) is 0 Å². The largest absolute Gasteiger partial charge is 0.476 e. The number of hydrazone groups is 1. The van der Waals surface area contributed by atoms with Gasteiger partial charge in [-0.25, -0.2) is 9.78 Å². The number of rotatable bonds is 8. The van der Waals surface area contributed by atoms with Gasteiger partial charge in [0.2, 0.25) is 0 Å². The Morgan fingerprint density at radius 3 is 2.41 bits per heavy atom. The molecule has 5 N–H and O–H groups in total. The van der Waals surface area contributed by atoms with Crippen LogP contribution >= 0.6 is 11.6 Å². The van der Waals surface area contributed by atoms with E-state index in [0.29, 0.717) is 18.8 Å². The minimum Gasteiger partial charge on any atom is -0.476 e. The minimum absolute atomic E-state index is 0.0177. The highest BCUT2D eigenvalue weighted by atomic mass is 35.5. The number of unbranched alkanes of at least 4 members (excludes halogenated alkanes) is 1. The number of hydrogen-bond donors (Lipinski definition) is 3. The molecule has 0 bridgehead atoms. The van der Waals surface area contributed by atoms with Crippen LogP contribution in [-0.2, 0) is 13.0 Å². The number of carboxylic acids is 1. The Bertz CT molecular complexity index is 1070. The number of nitrogens with two attached hydrogens (primary N) is 2. The topological polar surface area (TPSA) is 120 Å². The summed E-state index contributed by atoms with van der Waals surface area (Å²) in [5.41, 5.74) is 9.49. The summed E-state index contributed by atoms with van der Waals surface area (Å²) in [6, 6.07) is 15.4. The van der Waals surface area contributed by atoms with Crippen LogP contribution in [0.1, 0.15) is 61.1 Å². The molecule has 1 heterocycles. The number of aryl methyl sites for hydroxylation is 1. The van der Waals surface area contributed by atoms with Crippen LogP contribution in [0, 0.1) is 0 Å². The van der Waals surface area contributed by atoms with Crippen LogP contribution in [0.2, 0.25) is 5.15 Å². The van der Waals surface area contributed by atoms with E-state index in [9.17, 15) is 9.90 Å². The minimum atomic E-state index is -1.09. The van der Waals surface area contributed by atoms with Gasteiger partial charge in [-0.05, 0) is 23.1 Å². The van der Waals surface area contributed by atoms with Crippen LogP contribution in [0.25, 0.3) is 11.1 Å². The summed E-state index contributed by atoms with van der Waals surface area (Å²) in [7, 11) is 0. The molecule has 0 aliphatic carbocycles. The molecule has 0 aliphatic heterocycles. The van der Waals surface area contributed by atoms with Crippen LogP contribution in [0.15, 0.2) is 53.6 Å². The molecule has 170 valence electrons. The molecule has 0 aliphatic rings. The van der Waals surface area contributed by atoms with Crippen LogP contribution in [0.4, 0.5) is 0 Å². The number of imidazole rings is 1. The van der Waals surface area contributed by atoms with Crippen LogP contribution in [-0.4, -0.2) is 26.5 Å². The van der Waals surface area contributed by atoms with Crippen LogP contribution in [0.3, 0.4) is 0 Å². The molecule has 8 heteroatoms. The van der Waals surface area contributed by atoms with Gasteiger partial charge >= 0.3 is 5.97 Å². The van der Waals surface area contributed by atoms with E-state index in [1.165, 1.54) is 0 Å². The summed E-state index contributed by atoms with van der Waals surface area (Å²) in [4.78, 5) is 16.0. The van der Waals surface area contributed by atoms with Gasteiger partial charge in [-0.2, -0.15) is 5.10 Å². The lowest BCUT2D eigenvalue weighted by Gasteiger charge is -2.12. The van der Waals surface area contributed by atoms with Gasteiger partial charge in [0.1, 0.15) is 5.82 Å². The molecule has 0 radical (unpaired) electrons. The van der Waals surface area contributed by atoms with Crippen molar-refractivity contribution in [2.24, 2.45) is 16.7 Å². The summed E-state index contributed by atoms with van der Waals surface area (Å²) < 4.78 is 1.68. The number of amidine groups is 1. The van der Waals surface area contributed by atoms with Crippen molar-refractivity contribution >= 4 is 23.4 Å². The smallest absolute Gasteiger partial charge is 0.355 e. The van der Waals surface area contributed by atoms with E-state index in [1.54, 1.807) is 4.57 Å². The number of carboxylic acid groups (broad SMARTS) is 1. The van der Waals surface area contributed by atoms with Gasteiger partial charge in [-0.15, -0.1) is 0 Å². The van der Waals surface area contributed by atoms with E-state index in [0.717, 1.165) is 35.1 Å². The Morgan fingerprint density at radius 2 is 1.81 bits per heavy atom. The van der Waals surface area contributed by atoms with Crippen molar-refractivity contribution < 1.29 is 9.90 Å². The quantitative estimate of drug-likeness (QED) is 0.193. The molecule has 0 unspecified atom stereocenters. The summed E-state index contributed by atoms with van der Waals surface area (Å²) in [5, 5.41) is 13.2. The molecule has 2 aromatic carbocycles. The first-order chi connectivity index (χ1) is 15.5. The number of aromatic nitrogens is 2. The maximum absolute atomic E-state index is 11.7. The van der Waals surface area contributed by atoms with Crippen molar-refractivity contribution in [2.45, 2.75) is 46.6 Å². The number of halogens is 1. The zero-order valence-corrected chi connectivity index (χ0v) is 19.4. The van der Waals surface area contributed by atoms with Crippen molar-refractivity contribution in [1.29, 1.82) is 0 Å². The number of carbonyl (C=O) groups is 1. The molecule has 3 aromatic rings. The predicted octanol–water partition coefficient (Wildman–Crippen LogP) is 4.90. The Kier molecular flexibility index (Phi) is 9.28. The molecule has 32 heavy (non-hydrogen) atoms. The fraction of sp³-hybridized carbons (Fsp3) is 0.292. The fourth-order valence-electron chi connectivity index (χ4n) is 3.37. The highest BCUT2D eigenvalue weighted by Gasteiger charge is 2.21. The molecule has 1 aromatic heterocycles. The third-order valence-corrected chi connectivity index (χ3v) is 5.17. The second-order valence-electron chi connectivity index (χ2n) is 6.92. The first-order valence-electron chi connectivity index (χ1n) is 10.7. The zero-order valence-electron chi connectivity index (χ0n) is 18.7. The SMILES string of the molecule is CC.CCCCc1nc(Cl)c(C(=O)O)n1Cc1ccc(-c2ccccc2/C(N)=N/N)cc1. The molecule has 0 saturated carbocycles. The van der Waals surface area contributed by atoms with E-state index in [2.05, 4.69) is 17.0 Å². The van der Waals surface area contributed by atoms with Crippen molar-refractivity contribution in [3.63, 3.8) is 0 Å². The molecule has 0 spiro atoms. The van der Waals surface area contributed by atoms with Gasteiger partial charge in [-0.1, -0.05) is 87.3 Å².